The second-order valence-electron chi connectivity index (χ2n) is 6.15. The van der Waals surface area contributed by atoms with Crippen LogP contribution in [0.2, 0.25) is 0 Å². The van der Waals surface area contributed by atoms with E-state index in [1.165, 1.54) is 10.6 Å². The number of amides is 1. The molecule has 1 heterocycles. The minimum absolute atomic E-state index is 0.0228. The number of aromatic nitrogens is 1. The third kappa shape index (κ3) is 4.35. The minimum atomic E-state index is -0.889. The largest absolute Gasteiger partial charge is 0.493 e. The molecule has 1 unspecified atom stereocenters. The predicted molar refractivity (Wildman–Crippen MR) is 104 cm³/mol. The van der Waals surface area contributed by atoms with E-state index in [2.05, 4.69) is 5.32 Å². The summed E-state index contributed by atoms with van der Waals surface area (Å²) < 4.78 is 7.02. The van der Waals surface area contributed by atoms with Crippen LogP contribution in [0, 0.1) is 0 Å². The average molecular weight is 366 g/mol. The third-order valence-corrected chi connectivity index (χ3v) is 4.22. The van der Waals surface area contributed by atoms with Crippen LogP contribution < -0.4 is 15.6 Å². The highest BCUT2D eigenvalue weighted by Gasteiger charge is 2.17. The summed E-state index contributed by atoms with van der Waals surface area (Å²) in [6, 6.07) is 16.0. The molecule has 0 saturated heterocycles. The number of carbonyl (C=O) groups excluding carboxylic acids is 1. The topological polar surface area (TPSA) is 80.6 Å². The van der Waals surface area contributed by atoms with E-state index in [0.29, 0.717) is 17.9 Å². The summed E-state index contributed by atoms with van der Waals surface area (Å²) in [4.78, 5) is 24.5. The number of hydrogen-bond acceptors (Lipinski definition) is 4. The van der Waals surface area contributed by atoms with Gasteiger partial charge in [-0.2, -0.15) is 0 Å². The van der Waals surface area contributed by atoms with Crippen molar-refractivity contribution < 1.29 is 14.6 Å². The summed E-state index contributed by atoms with van der Waals surface area (Å²) in [7, 11) is 0. The first-order chi connectivity index (χ1) is 13.1. The van der Waals surface area contributed by atoms with Gasteiger partial charge in [-0.05, 0) is 29.8 Å². The van der Waals surface area contributed by atoms with E-state index >= 15 is 0 Å². The summed E-state index contributed by atoms with van der Waals surface area (Å²) >= 11 is 0. The molecule has 0 bridgehead atoms. The summed E-state index contributed by atoms with van der Waals surface area (Å²) in [6.07, 6.45) is 0.713. The van der Waals surface area contributed by atoms with Crippen LogP contribution in [0.25, 0.3) is 10.8 Å². The maximum Gasteiger partial charge on any atom is 0.255 e. The third-order valence-electron chi connectivity index (χ3n) is 4.22. The molecule has 3 aromatic rings. The van der Waals surface area contributed by atoms with Gasteiger partial charge in [0, 0.05) is 18.8 Å². The van der Waals surface area contributed by atoms with Crippen molar-refractivity contribution in [3.63, 3.8) is 0 Å². The van der Waals surface area contributed by atoms with Crippen LogP contribution in [-0.2, 0) is 6.54 Å². The standard InChI is InChI=1S/C21H22N2O4/c1-2-27-18-11-10-15-7-3-4-8-17(15)20(18)21(26)22-13-16(24)14-23-12-6-5-9-19(23)25/h3-12,16,24H,2,13-14H2,1H3,(H,22,26). The lowest BCUT2D eigenvalue weighted by atomic mass is 10.0. The molecular formula is C21H22N2O4. The van der Waals surface area contributed by atoms with Gasteiger partial charge in [-0.3, -0.25) is 9.59 Å². The molecule has 0 aliphatic heterocycles. The number of benzene rings is 2. The Balaban J connectivity index is 1.76. The number of fused-ring (bicyclic) bond motifs is 1. The Morgan fingerprint density at radius 3 is 2.70 bits per heavy atom. The van der Waals surface area contributed by atoms with Crippen LogP contribution in [0.3, 0.4) is 0 Å². The zero-order chi connectivity index (χ0) is 19.2. The first-order valence-corrected chi connectivity index (χ1v) is 8.86. The Morgan fingerprint density at radius 1 is 1.15 bits per heavy atom. The first-order valence-electron chi connectivity index (χ1n) is 8.86. The molecule has 0 radical (unpaired) electrons. The van der Waals surface area contributed by atoms with E-state index in [-0.39, 0.29) is 24.6 Å². The van der Waals surface area contributed by atoms with Gasteiger partial charge in [-0.1, -0.05) is 36.4 Å². The maximum atomic E-state index is 12.8. The van der Waals surface area contributed by atoms with Gasteiger partial charge in [-0.25, -0.2) is 0 Å². The number of nitrogens with one attached hydrogen (secondary N) is 1. The Bertz CT molecular complexity index is 997. The van der Waals surface area contributed by atoms with Crippen LogP contribution in [0.4, 0.5) is 0 Å². The molecule has 0 aliphatic rings. The summed E-state index contributed by atoms with van der Waals surface area (Å²) in [5.74, 6) is 0.178. The minimum Gasteiger partial charge on any atom is -0.493 e. The zero-order valence-corrected chi connectivity index (χ0v) is 15.1. The number of aliphatic hydroxyl groups is 1. The van der Waals surface area contributed by atoms with Crippen molar-refractivity contribution in [1.82, 2.24) is 9.88 Å². The monoisotopic (exact) mass is 366 g/mol. The van der Waals surface area contributed by atoms with Gasteiger partial charge in [0.2, 0.25) is 0 Å². The fraction of sp³-hybridized carbons (Fsp3) is 0.238. The Morgan fingerprint density at radius 2 is 1.93 bits per heavy atom. The number of pyridine rings is 1. The number of hydrogen-bond donors (Lipinski definition) is 2. The van der Waals surface area contributed by atoms with Crippen LogP contribution in [0.15, 0.2) is 65.6 Å². The summed E-state index contributed by atoms with van der Waals surface area (Å²) in [5, 5.41) is 14.7. The van der Waals surface area contributed by atoms with Crippen LogP contribution >= 0.6 is 0 Å². The quantitative estimate of drug-likeness (QED) is 0.672. The molecule has 0 spiro atoms. The second kappa shape index (κ2) is 8.51. The zero-order valence-electron chi connectivity index (χ0n) is 15.1. The van der Waals surface area contributed by atoms with Crippen molar-refractivity contribution in [2.45, 2.75) is 19.6 Å². The summed E-state index contributed by atoms with van der Waals surface area (Å²) in [5.41, 5.74) is 0.245. The van der Waals surface area contributed by atoms with Gasteiger partial charge < -0.3 is 19.7 Å². The molecular weight excluding hydrogens is 344 g/mol. The van der Waals surface area contributed by atoms with Gasteiger partial charge in [0.05, 0.1) is 24.8 Å². The molecule has 140 valence electrons. The highest BCUT2D eigenvalue weighted by atomic mass is 16.5. The van der Waals surface area contributed by atoms with Gasteiger partial charge in [0.1, 0.15) is 5.75 Å². The molecule has 6 nitrogen and oxygen atoms in total. The van der Waals surface area contributed by atoms with E-state index in [0.717, 1.165) is 10.8 Å². The van der Waals surface area contributed by atoms with Crippen molar-refractivity contribution >= 4 is 16.7 Å². The highest BCUT2D eigenvalue weighted by molar-refractivity contribution is 6.09. The van der Waals surface area contributed by atoms with E-state index in [1.54, 1.807) is 24.4 Å². The molecule has 1 aromatic heterocycles. The van der Waals surface area contributed by atoms with Gasteiger partial charge in [-0.15, -0.1) is 0 Å². The summed E-state index contributed by atoms with van der Waals surface area (Å²) in [6.45, 7) is 2.43. The fourth-order valence-corrected chi connectivity index (χ4v) is 2.96. The van der Waals surface area contributed by atoms with Crippen LogP contribution in [-0.4, -0.2) is 34.8 Å². The fourth-order valence-electron chi connectivity index (χ4n) is 2.96. The number of aliphatic hydroxyl groups excluding tert-OH is 1. The van der Waals surface area contributed by atoms with Crippen LogP contribution in [0.5, 0.6) is 5.75 Å². The average Bonchev–Trinajstić information content (AvgIpc) is 2.68. The van der Waals surface area contributed by atoms with Gasteiger partial charge in [0.15, 0.2) is 0 Å². The molecule has 6 heteroatoms. The van der Waals surface area contributed by atoms with E-state index < -0.39 is 6.10 Å². The Labute approximate surface area is 157 Å². The number of nitrogens with zero attached hydrogens (tertiary/aromatic N) is 1. The van der Waals surface area contributed by atoms with Crippen molar-refractivity contribution in [1.29, 1.82) is 0 Å². The molecule has 0 aliphatic carbocycles. The molecule has 0 fully saturated rings. The van der Waals surface area contributed by atoms with Crippen molar-refractivity contribution in [2.24, 2.45) is 0 Å². The SMILES string of the molecule is CCOc1ccc2ccccc2c1C(=O)NCC(O)Cn1ccccc1=O. The molecule has 1 amide bonds. The molecule has 27 heavy (non-hydrogen) atoms. The molecule has 1 atom stereocenters. The lowest BCUT2D eigenvalue weighted by Gasteiger charge is -2.16. The number of rotatable bonds is 7. The normalized spacial score (nSPS) is 11.9. The smallest absolute Gasteiger partial charge is 0.255 e. The Kier molecular flexibility index (Phi) is 5.88. The van der Waals surface area contributed by atoms with E-state index in [4.69, 9.17) is 4.74 Å². The Hall–Kier alpha value is -3.12. The predicted octanol–water partition coefficient (Wildman–Crippen LogP) is 2.19. The molecule has 2 N–H and O–H groups in total. The van der Waals surface area contributed by atoms with Crippen molar-refractivity contribution in [2.75, 3.05) is 13.2 Å². The van der Waals surface area contributed by atoms with Crippen molar-refractivity contribution in [3.8, 4) is 5.75 Å². The first kappa shape index (κ1) is 18.7. The lowest BCUT2D eigenvalue weighted by molar-refractivity contribution is 0.0901. The molecule has 3 rings (SSSR count). The molecule has 2 aromatic carbocycles. The van der Waals surface area contributed by atoms with Gasteiger partial charge in [0.25, 0.3) is 11.5 Å². The number of carbonyl (C=O) groups is 1. The van der Waals surface area contributed by atoms with Crippen molar-refractivity contribution in [3.05, 3.63) is 76.7 Å². The lowest BCUT2D eigenvalue weighted by Crippen LogP contribution is -2.36. The van der Waals surface area contributed by atoms with E-state index in [1.807, 2.05) is 37.3 Å². The number of ether oxygens (including phenoxy) is 1. The second-order valence-corrected chi connectivity index (χ2v) is 6.15. The molecule has 0 saturated carbocycles. The van der Waals surface area contributed by atoms with E-state index in [9.17, 15) is 14.7 Å². The highest BCUT2D eigenvalue weighted by Crippen LogP contribution is 2.28. The van der Waals surface area contributed by atoms with Crippen LogP contribution in [0.1, 0.15) is 17.3 Å². The maximum absolute atomic E-state index is 12.8. The van der Waals surface area contributed by atoms with Gasteiger partial charge >= 0.3 is 0 Å².